The summed E-state index contributed by atoms with van der Waals surface area (Å²) >= 11 is 0. The summed E-state index contributed by atoms with van der Waals surface area (Å²) in [5.74, 6) is -2.78. The number of nitrogens with zero attached hydrogens (tertiary/aromatic N) is 2. The van der Waals surface area contributed by atoms with Gasteiger partial charge in [0, 0.05) is 18.7 Å². The number of carbonyl (C=O) groups excluding carboxylic acids is 1. The Morgan fingerprint density at radius 1 is 1.32 bits per heavy atom. The number of carboxylic acids is 1. The quantitative estimate of drug-likeness (QED) is 0.746. The van der Waals surface area contributed by atoms with E-state index in [0.29, 0.717) is 12.3 Å². The highest BCUT2D eigenvalue weighted by atomic mass is 19.4. The SMILES string of the molecule is CCC1c2nc[nH]c2CCN1C(=O)Oc1ccc(F)cc1.O=C(O)C(F)(F)F. The molecule has 1 unspecified atom stereocenters. The molecule has 0 bridgehead atoms. The molecule has 0 saturated heterocycles. The number of H-pyrrole nitrogens is 1. The van der Waals surface area contributed by atoms with Gasteiger partial charge in [0.05, 0.1) is 18.1 Å². The zero-order valence-corrected chi connectivity index (χ0v) is 14.7. The van der Waals surface area contributed by atoms with Crippen molar-refractivity contribution in [1.29, 1.82) is 0 Å². The van der Waals surface area contributed by atoms with E-state index >= 15 is 0 Å². The van der Waals surface area contributed by atoms with Gasteiger partial charge in [0.25, 0.3) is 0 Å². The third kappa shape index (κ3) is 5.21. The summed E-state index contributed by atoms with van der Waals surface area (Å²) in [6.07, 6.45) is -2.37. The summed E-state index contributed by atoms with van der Waals surface area (Å²) in [6, 6.07) is 5.33. The molecule has 152 valence electrons. The molecule has 1 aliphatic rings. The van der Waals surface area contributed by atoms with Gasteiger partial charge in [-0.3, -0.25) is 4.90 Å². The lowest BCUT2D eigenvalue weighted by atomic mass is 10.0. The van der Waals surface area contributed by atoms with Crippen LogP contribution in [0.4, 0.5) is 22.4 Å². The third-order valence-corrected chi connectivity index (χ3v) is 3.93. The Hall–Kier alpha value is -3.11. The first kappa shape index (κ1) is 21.2. The highest BCUT2D eigenvalue weighted by Crippen LogP contribution is 2.30. The van der Waals surface area contributed by atoms with E-state index in [1.807, 2.05) is 6.92 Å². The lowest BCUT2D eigenvalue weighted by Gasteiger charge is -2.33. The number of aliphatic carboxylic acids is 1. The molecule has 3 rings (SSSR count). The number of alkyl halides is 3. The summed E-state index contributed by atoms with van der Waals surface area (Å²) in [5, 5.41) is 7.12. The van der Waals surface area contributed by atoms with Gasteiger partial charge in [-0.2, -0.15) is 13.2 Å². The Bertz CT molecular complexity index is 821. The minimum Gasteiger partial charge on any atom is -0.475 e. The van der Waals surface area contributed by atoms with Crippen LogP contribution in [0.3, 0.4) is 0 Å². The molecule has 11 heteroatoms. The number of benzene rings is 1. The van der Waals surface area contributed by atoms with Crippen LogP contribution < -0.4 is 4.74 Å². The lowest BCUT2D eigenvalue weighted by Crippen LogP contribution is -2.41. The molecule has 0 fully saturated rings. The molecule has 0 radical (unpaired) electrons. The van der Waals surface area contributed by atoms with Gasteiger partial charge in [0.2, 0.25) is 0 Å². The van der Waals surface area contributed by atoms with E-state index in [-0.39, 0.29) is 11.9 Å². The number of hydrogen-bond acceptors (Lipinski definition) is 4. The van der Waals surface area contributed by atoms with Gasteiger partial charge < -0.3 is 14.8 Å². The fourth-order valence-corrected chi connectivity index (χ4v) is 2.65. The highest BCUT2D eigenvalue weighted by Gasteiger charge is 2.38. The monoisotopic (exact) mass is 403 g/mol. The van der Waals surface area contributed by atoms with Gasteiger partial charge in [-0.1, -0.05) is 6.92 Å². The first-order valence-corrected chi connectivity index (χ1v) is 8.19. The molecule has 0 aliphatic carbocycles. The number of carboxylic acid groups (broad SMARTS) is 1. The summed E-state index contributed by atoms with van der Waals surface area (Å²) in [4.78, 5) is 30.3. The van der Waals surface area contributed by atoms with Crippen LogP contribution in [0.5, 0.6) is 5.75 Å². The number of nitrogens with one attached hydrogen (secondary N) is 1. The van der Waals surface area contributed by atoms with E-state index < -0.39 is 18.2 Å². The maximum atomic E-state index is 12.9. The maximum absolute atomic E-state index is 12.9. The predicted molar refractivity (Wildman–Crippen MR) is 88.1 cm³/mol. The average molecular weight is 403 g/mol. The van der Waals surface area contributed by atoms with E-state index in [0.717, 1.165) is 24.2 Å². The van der Waals surface area contributed by atoms with Crippen LogP contribution >= 0.6 is 0 Å². The molecule has 1 amide bonds. The van der Waals surface area contributed by atoms with Crippen LogP contribution in [0.15, 0.2) is 30.6 Å². The molecule has 2 heterocycles. The number of ether oxygens (including phenoxy) is 1. The second-order valence-corrected chi connectivity index (χ2v) is 5.76. The van der Waals surface area contributed by atoms with Crippen molar-refractivity contribution in [3.05, 3.63) is 47.8 Å². The number of aromatic amines is 1. The van der Waals surface area contributed by atoms with Gasteiger partial charge in [0.15, 0.2) is 0 Å². The number of halogens is 4. The molecular weight excluding hydrogens is 386 g/mol. The Labute approximate surface area is 156 Å². The van der Waals surface area contributed by atoms with Crippen LogP contribution in [0, 0.1) is 5.82 Å². The number of amides is 1. The zero-order chi connectivity index (χ0) is 20.9. The van der Waals surface area contributed by atoms with Crippen molar-refractivity contribution >= 4 is 12.1 Å². The van der Waals surface area contributed by atoms with Gasteiger partial charge in [0.1, 0.15) is 11.6 Å². The van der Waals surface area contributed by atoms with Crippen LogP contribution in [-0.2, 0) is 11.2 Å². The molecular formula is C17H17F4N3O4. The van der Waals surface area contributed by atoms with Crippen LogP contribution in [-0.4, -0.2) is 44.8 Å². The van der Waals surface area contributed by atoms with Crippen LogP contribution in [0.1, 0.15) is 30.8 Å². The normalized spacial score (nSPS) is 15.9. The van der Waals surface area contributed by atoms with Crippen molar-refractivity contribution in [3.8, 4) is 5.75 Å². The molecule has 0 saturated carbocycles. The third-order valence-electron chi connectivity index (χ3n) is 3.93. The minimum atomic E-state index is -5.08. The van der Waals surface area contributed by atoms with E-state index in [1.54, 1.807) is 11.2 Å². The topological polar surface area (TPSA) is 95.5 Å². The lowest BCUT2D eigenvalue weighted by molar-refractivity contribution is -0.192. The first-order valence-electron chi connectivity index (χ1n) is 8.19. The minimum absolute atomic E-state index is 0.0899. The Morgan fingerprint density at radius 2 is 1.93 bits per heavy atom. The Balaban J connectivity index is 0.000000345. The highest BCUT2D eigenvalue weighted by molar-refractivity contribution is 5.73. The van der Waals surface area contributed by atoms with E-state index in [1.165, 1.54) is 24.3 Å². The number of fused-ring (bicyclic) bond motifs is 1. The van der Waals surface area contributed by atoms with Gasteiger partial charge >= 0.3 is 18.2 Å². The molecule has 1 atom stereocenters. The van der Waals surface area contributed by atoms with Crippen molar-refractivity contribution < 1.29 is 37.0 Å². The summed E-state index contributed by atoms with van der Waals surface area (Å²) in [6.45, 7) is 2.58. The standard InChI is InChI=1S/C15H16FN3O2.C2HF3O2/c1-2-13-14-12(17-9-18-14)7-8-19(13)15(20)21-11-5-3-10(16)4-6-11;3-2(4,5)1(6)7/h3-6,9,13H,2,7-8H2,1H3,(H,17,18);(H,6,7). The summed E-state index contributed by atoms with van der Waals surface area (Å²) < 4.78 is 49.9. The molecule has 7 nitrogen and oxygen atoms in total. The molecule has 1 aromatic carbocycles. The van der Waals surface area contributed by atoms with E-state index in [2.05, 4.69) is 9.97 Å². The summed E-state index contributed by atoms with van der Waals surface area (Å²) in [7, 11) is 0. The van der Waals surface area contributed by atoms with Crippen molar-refractivity contribution in [2.45, 2.75) is 32.0 Å². The van der Waals surface area contributed by atoms with E-state index in [4.69, 9.17) is 14.6 Å². The number of hydrogen-bond donors (Lipinski definition) is 2. The van der Waals surface area contributed by atoms with Crippen molar-refractivity contribution in [2.24, 2.45) is 0 Å². The number of rotatable bonds is 2. The average Bonchev–Trinajstić information content (AvgIpc) is 3.11. The van der Waals surface area contributed by atoms with Crippen LogP contribution in [0.2, 0.25) is 0 Å². The largest absolute Gasteiger partial charge is 0.490 e. The van der Waals surface area contributed by atoms with Crippen molar-refractivity contribution in [3.63, 3.8) is 0 Å². The van der Waals surface area contributed by atoms with Crippen molar-refractivity contribution in [2.75, 3.05) is 6.54 Å². The fourth-order valence-electron chi connectivity index (χ4n) is 2.65. The Kier molecular flexibility index (Phi) is 6.60. The molecule has 0 spiro atoms. The maximum Gasteiger partial charge on any atom is 0.490 e. The molecule has 1 aromatic heterocycles. The zero-order valence-electron chi connectivity index (χ0n) is 14.7. The van der Waals surface area contributed by atoms with Gasteiger partial charge in [-0.05, 0) is 30.7 Å². The van der Waals surface area contributed by atoms with Crippen molar-refractivity contribution in [1.82, 2.24) is 14.9 Å². The number of imidazole rings is 1. The van der Waals surface area contributed by atoms with Gasteiger partial charge in [-0.25, -0.2) is 19.0 Å². The predicted octanol–water partition coefficient (Wildman–Crippen LogP) is 3.69. The Morgan fingerprint density at radius 3 is 2.46 bits per heavy atom. The number of carbonyl (C=O) groups is 2. The summed E-state index contributed by atoms with van der Waals surface area (Å²) in [5.41, 5.74) is 1.98. The first-order chi connectivity index (χ1) is 13.1. The number of aromatic nitrogens is 2. The smallest absolute Gasteiger partial charge is 0.475 e. The molecule has 2 aromatic rings. The molecule has 2 N–H and O–H groups in total. The second kappa shape index (κ2) is 8.72. The second-order valence-electron chi connectivity index (χ2n) is 5.76. The van der Waals surface area contributed by atoms with Crippen LogP contribution in [0.25, 0.3) is 0 Å². The molecule has 28 heavy (non-hydrogen) atoms. The molecule has 1 aliphatic heterocycles. The van der Waals surface area contributed by atoms with E-state index in [9.17, 15) is 22.4 Å². The fraction of sp³-hybridized carbons (Fsp3) is 0.353. The van der Waals surface area contributed by atoms with Gasteiger partial charge in [-0.15, -0.1) is 0 Å².